The molecular weight excluding hydrogens is 212 g/mol. The standard InChI is InChI=1S/C7H8O.2C3H8.Ar/c1-8-7-5-3-2-4-6-7;2*1-3-2;/h2-6H,1H3;2*3H2,1-2H3;. The summed E-state index contributed by atoms with van der Waals surface area (Å²) in [7, 11) is 1.66. The smallest absolute Gasteiger partial charge is 0.118 e. The summed E-state index contributed by atoms with van der Waals surface area (Å²) in [4.78, 5) is 0. The van der Waals surface area contributed by atoms with Crippen LogP contribution in [0, 0.1) is 37.7 Å². The molecule has 0 unspecified atom stereocenters. The van der Waals surface area contributed by atoms with Gasteiger partial charge in [0.15, 0.2) is 0 Å². The van der Waals surface area contributed by atoms with E-state index in [0.717, 1.165) is 5.75 Å². The molecule has 0 saturated carbocycles. The van der Waals surface area contributed by atoms with Gasteiger partial charge in [0.1, 0.15) is 5.75 Å². The largest absolute Gasteiger partial charge is 0.497 e. The molecule has 0 aromatic heterocycles. The summed E-state index contributed by atoms with van der Waals surface area (Å²) in [6, 6.07) is 9.68. The van der Waals surface area contributed by atoms with Gasteiger partial charge in [0.2, 0.25) is 0 Å². The van der Waals surface area contributed by atoms with Crippen LogP contribution in [0.15, 0.2) is 30.3 Å². The predicted molar refractivity (Wildman–Crippen MR) is 64.9 cm³/mol. The Kier molecular flexibility index (Phi) is 27.3. The molecule has 0 atom stereocenters. The molecule has 0 fully saturated rings. The molecule has 1 nitrogen and oxygen atoms in total. The van der Waals surface area contributed by atoms with Gasteiger partial charge in [-0.2, -0.15) is 0 Å². The molecule has 0 bridgehead atoms. The van der Waals surface area contributed by atoms with Crippen LogP contribution in [0.25, 0.3) is 0 Å². The van der Waals surface area contributed by atoms with E-state index in [1.807, 2.05) is 30.3 Å². The summed E-state index contributed by atoms with van der Waals surface area (Å²) in [5.74, 6) is 0.910. The molecule has 0 aliphatic carbocycles. The van der Waals surface area contributed by atoms with Gasteiger partial charge in [-0.05, 0) is 12.1 Å². The van der Waals surface area contributed by atoms with Gasteiger partial charge >= 0.3 is 0 Å². The number of benzene rings is 1. The maximum atomic E-state index is 4.91. The van der Waals surface area contributed by atoms with Crippen molar-refractivity contribution in [2.24, 2.45) is 0 Å². The monoisotopic (exact) mass is 236 g/mol. The van der Waals surface area contributed by atoms with E-state index in [0.29, 0.717) is 0 Å². The quantitative estimate of drug-likeness (QED) is 0.696. The van der Waals surface area contributed by atoms with Crippen LogP contribution in [0.1, 0.15) is 40.5 Å². The molecule has 0 radical (unpaired) electrons. The third kappa shape index (κ3) is 20.4. The zero-order valence-corrected chi connectivity index (χ0v) is 11.3. The van der Waals surface area contributed by atoms with Crippen LogP contribution in [0.3, 0.4) is 0 Å². The minimum Gasteiger partial charge on any atom is -0.497 e. The zero-order valence-electron chi connectivity index (χ0n) is 10.6. The first-order valence-corrected chi connectivity index (χ1v) is 5.35. The van der Waals surface area contributed by atoms with Crippen molar-refractivity contribution in [3.05, 3.63) is 30.3 Å². The van der Waals surface area contributed by atoms with E-state index < -0.39 is 0 Å². The number of para-hydroxylation sites is 1. The minimum absolute atomic E-state index is 0. The van der Waals surface area contributed by atoms with Crippen molar-refractivity contribution in [1.82, 2.24) is 0 Å². The van der Waals surface area contributed by atoms with Gasteiger partial charge in [0, 0.05) is 37.7 Å². The van der Waals surface area contributed by atoms with Crippen LogP contribution in [-0.2, 0) is 0 Å². The van der Waals surface area contributed by atoms with Crippen molar-refractivity contribution in [2.75, 3.05) is 7.11 Å². The molecule has 0 heterocycles. The van der Waals surface area contributed by atoms with Gasteiger partial charge in [-0.25, -0.2) is 0 Å². The zero-order chi connectivity index (χ0) is 11.2. The van der Waals surface area contributed by atoms with Crippen LogP contribution in [-0.4, -0.2) is 7.11 Å². The molecule has 1 aromatic carbocycles. The first kappa shape index (κ1) is 20.7. The topological polar surface area (TPSA) is 9.23 Å². The normalized spacial score (nSPS) is 7.00. The van der Waals surface area contributed by atoms with E-state index in [2.05, 4.69) is 27.7 Å². The van der Waals surface area contributed by atoms with Crippen molar-refractivity contribution >= 4 is 0 Å². The van der Waals surface area contributed by atoms with Crippen molar-refractivity contribution < 1.29 is 42.5 Å². The van der Waals surface area contributed by atoms with E-state index in [4.69, 9.17) is 4.74 Å². The fourth-order valence-electron chi connectivity index (χ4n) is 0.557. The molecule has 0 amide bonds. The Morgan fingerprint density at radius 1 is 0.867 bits per heavy atom. The molecule has 90 valence electrons. The van der Waals surface area contributed by atoms with Crippen LogP contribution >= 0.6 is 0 Å². The molecular formula is C13H24ArO. The second kappa shape index (κ2) is 19.8. The number of hydrogen-bond acceptors (Lipinski definition) is 1. The van der Waals surface area contributed by atoms with E-state index in [-0.39, 0.29) is 37.7 Å². The second-order valence-corrected chi connectivity index (χ2v) is 2.93. The summed E-state index contributed by atoms with van der Waals surface area (Å²) >= 11 is 0. The summed E-state index contributed by atoms with van der Waals surface area (Å²) in [5, 5.41) is 0. The summed E-state index contributed by atoms with van der Waals surface area (Å²) < 4.78 is 4.91. The van der Waals surface area contributed by atoms with Crippen LogP contribution in [0.5, 0.6) is 5.75 Å². The predicted octanol–water partition coefficient (Wildman–Crippen LogP) is 4.53. The van der Waals surface area contributed by atoms with Gasteiger partial charge in [0.25, 0.3) is 0 Å². The van der Waals surface area contributed by atoms with E-state index in [1.54, 1.807) is 7.11 Å². The van der Waals surface area contributed by atoms with Gasteiger partial charge < -0.3 is 4.74 Å². The average molecular weight is 236 g/mol. The molecule has 0 saturated heterocycles. The first-order valence-electron chi connectivity index (χ1n) is 5.35. The van der Waals surface area contributed by atoms with Gasteiger partial charge in [-0.1, -0.05) is 58.7 Å². The average Bonchev–Trinajstić information content (AvgIpc) is 2.21. The third-order valence-corrected chi connectivity index (χ3v) is 0.979. The maximum Gasteiger partial charge on any atom is 0.118 e. The summed E-state index contributed by atoms with van der Waals surface area (Å²) in [6.07, 6.45) is 2.50. The molecule has 2 heteroatoms. The fraction of sp³-hybridized carbons (Fsp3) is 0.538. The fourth-order valence-corrected chi connectivity index (χ4v) is 0.557. The molecule has 0 spiro atoms. The number of rotatable bonds is 1. The molecule has 15 heavy (non-hydrogen) atoms. The second-order valence-electron chi connectivity index (χ2n) is 2.93. The minimum atomic E-state index is 0. The first-order chi connectivity index (χ1) is 6.76. The molecule has 1 aromatic rings. The third-order valence-electron chi connectivity index (χ3n) is 0.979. The Morgan fingerprint density at radius 2 is 1.20 bits per heavy atom. The molecule has 0 aliphatic rings. The number of methoxy groups -OCH3 is 1. The number of ether oxygens (including phenoxy) is 1. The van der Waals surface area contributed by atoms with Crippen LogP contribution in [0.2, 0.25) is 0 Å². The molecule has 0 aliphatic heterocycles. The van der Waals surface area contributed by atoms with Crippen LogP contribution < -0.4 is 4.74 Å². The Bertz CT molecular complexity index is 173. The van der Waals surface area contributed by atoms with Gasteiger partial charge in [-0.15, -0.1) is 0 Å². The van der Waals surface area contributed by atoms with E-state index in [9.17, 15) is 0 Å². The van der Waals surface area contributed by atoms with E-state index >= 15 is 0 Å². The van der Waals surface area contributed by atoms with Crippen molar-refractivity contribution in [3.8, 4) is 5.75 Å². The Labute approximate surface area is 125 Å². The molecule has 1 rings (SSSR count). The van der Waals surface area contributed by atoms with Gasteiger partial charge in [-0.3, -0.25) is 0 Å². The van der Waals surface area contributed by atoms with Crippen molar-refractivity contribution in [1.29, 1.82) is 0 Å². The number of hydrogen-bond donors (Lipinski definition) is 0. The Balaban J connectivity index is -0.000000177. The SMILES string of the molecule is CCC.CCC.COc1ccccc1.[Ar]. The van der Waals surface area contributed by atoms with Crippen molar-refractivity contribution in [3.63, 3.8) is 0 Å². The van der Waals surface area contributed by atoms with Crippen LogP contribution in [0.4, 0.5) is 0 Å². The van der Waals surface area contributed by atoms with Gasteiger partial charge in [0.05, 0.1) is 7.11 Å². The molecule has 0 N–H and O–H groups in total. The maximum absolute atomic E-state index is 4.91. The Morgan fingerprint density at radius 3 is 1.40 bits per heavy atom. The van der Waals surface area contributed by atoms with Crippen molar-refractivity contribution in [2.45, 2.75) is 40.5 Å². The Hall–Kier alpha value is 0.280. The summed E-state index contributed by atoms with van der Waals surface area (Å²) in [5.41, 5.74) is 0. The van der Waals surface area contributed by atoms with E-state index in [1.165, 1.54) is 12.8 Å². The summed E-state index contributed by atoms with van der Waals surface area (Å²) in [6.45, 7) is 8.50.